The number of fused-ring (bicyclic) bond motifs is 1. The third kappa shape index (κ3) is 3.94. The second kappa shape index (κ2) is 7.75. The molecule has 1 fully saturated rings. The Kier molecular flexibility index (Phi) is 5.17. The molecule has 0 bridgehead atoms. The number of anilines is 1. The Morgan fingerprint density at radius 2 is 1.79 bits per heavy atom. The fraction of sp³-hybridized carbons (Fsp3) is 0.333. The van der Waals surface area contributed by atoms with E-state index in [9.17, 15) is 9.59 Å². The summed E-state index contributed by atoms with van der Waals surface area (Å²) in [5.74, 6) is -0.155. The molecule has 0 saturated heterocycles. The van der Waals surface area contributed by atoms with Crippen molar-refractivity contribution < 1.29 is 23.8 Å². The van der Waals surface area contributed by atoms with Gasteiger partial charge in [-0.15, -0.1) is 11.8 Å². The molecule has 1 aliphatic carbocycles. The van der Waals surface area contributed by atoms with Crippen LogP contribution in [0.2, 0.25) is 0 Å². The Hall–Kier alpha value is -2.67. The molecule has 1 saturated carbocycles. The molecule has 2 aromatic carbocycles. The molecule has 1 spiro atoms. The van der Waals surface area contributed by atoms with Crippen molar-refractivity contribution in [1.82, 2.24) is 0 Å². The fourth-order valence-electron chi connectivity index (χ4n) is 3.43. The summed E-state index contributed by atoms with van der Waals surface area (Å²) in [6.07, 6.45) is 5.88. The summed E-state index contributed by atoms with van der Waals surface area (Å²) in [6, 6.07) is 12.3. The first-order valence-electron chi connectivity index (χ1n) is 9.20. The van der Waals surface area contributed by atoms with Gasteiger partial charge in [-0.25, -0.2) is 4.79 Å². The topological polar surface area (TPSA) is 73.9 Å². The van der Waals surface area contributed by atoms with E-state index in [-0.39, 0.29) is 6.61 Å². The van der Waals surface area contributed by atoms with Crippen LogP contribution in [0, 0.1) is 0 Å². The van der Waals surface area contributed by atoms with Gasteiger partial charge in [0.25, 0.3) is 11.7 Å². The molecule has 4 rings (SSSR count). The average Bonchev–Trinajstić information content (AvgIpc) is 3.31. The second-order valence-electron chi connectivity index (χ2n) is 6.84. The van der Waals surface area contributed by atoms with Crippen molar-refractivity contribution in [3.05, 3.63) is 48.0 Å². The molecule has 1 aliphatic heterocycles. The maximum Gasteiger partial charge on any atom is 0.338 e. The fourth-order valence-corrected chi connectivity index (χ4v) is 3.84. The van der Waals surface area contributed by atoms with Crippen LogP contribution >= 0.6 is 11.8 Å². The molecule has 1 heterocycles. The van der Waals surface area contributed by atoms with Crippen molar-refractivity contribution in [2.75, 3.05) is 18.2 Å². The highest BCUT2D eigenvalue weighted by Crippen LogP contribution is 2.47. The van der Waals surface area contributed by atoms with Crippen LogP contribution in [0.15, 0.2) is 47.4 Å². The molecule has 0 atom stereocenters. The standard InChI is InChI=1S/C21H21NO5S/c1-28-16-7-4-14(5-8-16)20(24)25-13-19(23)22-15-6-9-17-18(12-15)27-21(26-17)10-2-3-11-21/h4-9,12H,2-3,10-11,13H2,1H3,(H,22,23). The van der Waals surface area contributed by atoms with Crippen LogP contribution in [-0.4, -0.2) is 30.5 Å². The van der Waals surface area contributed by atoms with Gasteiger partial charge in [0, 0.05) is 29.5 Å². The molecular weight excluding hydrogens is 378 g/mol. The number of hydrogen-bond donors (Lipinski definition) is 1. The molecule has 7 heteroatoms. The largest absolute Gasteiger partial charge is 0.452 e. The number of rotatable bonds is 5. The normalized spacial score (nSPS) is 16.2. The summed E-state index contributed by atoms with van der Waals surface area (Å²) in [5, 5.41) is 2.72. The maximum absolute atomic E-state index is 12.1. The van der Waals surface area contributed by atoms with Crippen molar-refractivity contribution in [3.8, 4) is 11.5 Å². The lowest BCUT2D eigenvalue weighted by Crippen LogP contribution is -2.34. The summed E-state index contributed by atoms with van der Waals surface area (Å²) in [4.78, 5) is 25.2. The van der Waals surface area contributed by atoms with E-state index in [1.807, 2.05) is 18.4 Å². The number of benzene rings is 2. The number of carbonyl (C=O) groups is 2. The zero-order valence-electron chi connectivity index (χ0n) is 15.5. The first kappa shape index (κ1) is 18.7. The number of thioether (sulfide) groups is 1. The van der Waals surface area contributed by atoms with Gasteiger partial charge in [0.1, 0.15) is 0 Å². The minimum Gasteiger partial charge on any atom is -0.452 e. The van der Waals surface area contributed by atoms with Crippen LogP contribution in [0.1, 0.15) is 36.0 Å². The van der Waals surface area contributed by atoms with Crippen LogP contribution in [-0.2, 0) is 9.53 Å². The van der Waals surface area contributed by atoms with Gasteiger partial charge in [-0.2, -0.15) is 0 Å². The van der Waals surface area contributed by atoms with E-state index in [2.05, 4.69) is 5.32 Å². The SMILES string of the molecule is CSc1ccc(C(=O)OCC(=O)Nc2ccc3c(c2)OC2(CCCC2)O3)cc1. The van der Waals surface area contributed by atoms with Crippen LogP contribution < -0.4 is 14.8 Å². The Labute approximate surface area is 167 Å². The highest BCUT2D eigenvalue weighted by Gasteiger charge is 2.44. The maximum atomic E-state index is 12.1. The molecule has 28 heavy (non-hydrogen) atoms. The quantitative estimate of drug-likeness (QED) is 0.599. The zero-order valence-corrected chi connectivity index (χ0v) is 16.3. The van der Waals surface area contributed by atoms with E-state index in [4.69, 9.17) is 14.2 Å². The lowest BCUT2D eigenvalue weighted by molar-refractivity contribution is -0.119. The van der Waals surface area contributed by atoms with Crippen molar-refractivity contribution in [1.29, 1.82) is 0 Å². The van der Waals surface area contributed by atoms with Crippen molar-refractivity contribution in [2.45, 2.75) is 36.4 Å². The average molecular weight is 399 g/mol. The van der Waals surface area contributed by atoms with E-state index in [1.54, 1.807) is 42.1 Å². The molecule has 0 aromatic heterocycles. The molecular formula is C21H21NO5S. The molecule has 0 unspecified atom stereocenters. The van der Waals surface area contributed by atoms with E-state index in [1.165, 1.54) is 0 Å². The monoisotopic (exact) mass is 399 g/mol. The molecule has 0 radical (unpaired) electrons. The second-order valence-corrected chi connectivity index (χ2v) is 7.72. The van der Waals surface area contributed by atoms with E-state index >= 15 is 0 Å². The Morgan fingerprint density at radius 3 is 2.50 bits per heavy atom. The number of amides is 1. The van der Waals surface area contributed by atoms with Gasteiger partial charge in [0.05, 0.1) is 5.56 Å². The third-order valence-corrected chi connectivity index (χ3v) is 5.59. The first-order valence-corrected chi connectivity index (χ1v) is 10.4. The minimum absolute atomic E-state index is 0.360. The Bertz CT molecular complexity index is 890. The summed E-state index contributed by atoms with van der Waals surface area (Å²) in [7, 11) is 0. The summed E-state index contributed by atoms with van der Waals surface area (Å²) < 4.78 is 17.0. The van der Waals surface area contributed by atoms with Crippen molar-refractivity contribution >= 4 is 29.3 Å². The summed E-state index contributed by atoms with van der Waals surface area (Å²) >= 11 is 1.59. The molecule has 1 N–H and O–H groups in total. The van der Waals surface area contributed by atoms with Crippen LogP contribution in [0.4, 0.5) is 5.69 Å². The predicted octanol–water partition coefficient (Wildman–Crippen LogP) is 4.25. The van der Waals surface area contributed by atoms with Gasteiger partial charge in [0.15, 0.2) is 18.1 Å². The summed E-state index contributed by atoms with van der Waals surface area (Å²) in [5.41, 5.74) is 0.985. The van der Waals surface area contributed by atoms with Crippen LogP contribution in [0.25, 0.3) is 0 Å². The van der Waals surface area contributed by atoms with Gasteiger partial charge in [-0.1, -0.05) is 0 Å². The van der Waals surface area contributed by atoms with Gasteiger partial charge in [-0.05, 0) is 55.5 Å². The first-order chi connectivity index (χ1) is 13.6. The van der Waals surface area contributed by atoms with Crippen LogP contribution in [0.3, 0.4) is 0 Å². The number of esters is 1. The van der Waals surface area contributed by atoms with Gasteiger partial charge < -0.3 is 19.5 Å². The number of nitrogens with one attached hydrogen (secondary N) is 1. The highest BCUT2D eigenvalue weighted by molar-refractivity contribution is 7.98. The third-order valence-electron chi connectivity index (χ3n) is 4.84. The van der Waals surface area contributed by atoms with Gasteiger partial charge in [0.2, 0.25) is 0 Å². The van der Waals surface area contributed by atoms with Gasteiger partial charge >= 0.3 is 5.97 Å². The minimum atomic E-state index is -0.535. The lowest BCUT2D eigenvalue weighted by Gasteiger charge is -2.21. The van der Waals surface area contributed by atoms with Crippen LogP contribution in [0.5, 0.6) is 11.5 Å². The Morgan fingerprint density at radius 1 is 1.07 bits per heavy atom. The van der Waals surface area contributed by atoms with Gasteiger partial charge in [-0.3, -0.25) is 4.79 Å². The number of hydrogen-bond acceptors (Lipinski definition) is 6. The molecule has 2 aliphatic rings. The lowest BCUT2D eigenvalue weighted by atomic mass is 10.2. The van der Waals surface area contributed by atoms with Crippen molar-refractivity contribution in [2.24, 2.45) is 0 Å². The highest BCUT2D eigenvalue weighted by atomic mass is 32.2. The molecule has 146 valence electrons. The molecule has 6 nitrogen and oxygen atoms in total. The van der Waals surface area contributed by atoms with Crippen molar-refractivity contribution in [3.63, 3.8) is 0 Å². The zero-order chi connectivity index (χ0) is 19.6. The Balaban J connectivity index is 1.31. The van der Waals surface area contributed by atoms with E-state index in [0.29, 0.717) is 22.7 Å². The summed E-state index contributed by atoms with van der Waals surface area (Å²) in [6.45, 7) is -0.360. The molecule has 2 aromatic rings. The number of carbonyl (C=O) groups excluding carboxylic acids is 2. The number of ether oxygens (including phenoxy) is 3. The van der Waals surface area contributed by atoms with E-state index in [0.717, 1.165) is 30.6 Å². The molecule has 1 amide bonds. The smallest absolute Gasteiger partial charge is 0.338 e. The van der Waals surface area contributed by atoms with E-state index < -0.39 is 17.7 Å². The predicted molar refractivity (Wildman–Crippen MR) is 106 cm³/mol.